The van der Waals surface area contributed by atoms with Gasteiger partial charge in [-0.15, -0.1) is 0 Å². The molecule has 0 aromatic heterocycles. The van der Waals surface area contributed by atoms with Crippen molar-refractivity contribution in [3.63, 3.8) is 0 Å². The van der Waals surface area contributed by atoms with Crippen LogP contribution in [0.25, 0.3) is 0 Å². The number of rotatable bonds is 9. The molecule has 0 aromatic rings. The van der Waals surface area contributed by atoms with Gasteiger partial charge >= 0.3 is 124 Å². The van der Waals surface area contributed by atoms with Crippen LogP contribution in [-0.2, 0) is 7.87 Å². The fraction of sp³-hybridized carbons (Fsp3) is 0.929. The van der Waals surface area contributed by atoms with E-state index in [9.17, 15) is 4.79 Å². The van der Waals surface area contributed by atoms with Gasteiger partial charge in [-0.3, -0.25) is 0 Å². The van der Waals surface area contributed by atoms with Gasteiger partial charge in [0.15, 0.2) is 0 Å². The molecule has 0 radical (unpaired) electrons. The van der Waals surface area contributed by atoms with Gasteiger partial charge in [0.25, 0.3) is 0 Å². The van der Waals surface area contributed by atoms with Crippen molar-refractivity contribution in [2.45, 2.75) is 78.4 Å². The van der Waals surface area contributed by atoms with Crippen molar-refractivity contribution in [1.29, 1.82) is 0 Å². The van der Waals surface area contributed by atoms with Crippen LogP contribution in [-0.4, -0.2) is 29.5 Å². The molecule has 0 amide bonds. The summed E-state index contributed by atoms with van der Waals surface area (Å²) in [6, 6.07) is 0. The molecule has 0 rings (SSSR count). The number of hydrogen-bond donors (Lipinski definition) is 1. The molecule has 0 aliphatic heterocycles. The van der Waals surface area contributed by atoms with Gasteiger partial charge in [-0.1, -0.05) is 0 Å². The van der Waals surface area contributed by atoms with E-state index in [2.05, 4.69) is 28.7 Å². The standard InChI is InChI=1S/C11H22O2S.3CH3.Sn/c1-3-5-6-7-8-11(14,4-2)9-10(12)13;;;;/h14H,3-9H2,1-2H3,(H,12,13);3*1H3;/q;;;;+1/p-1. The van der Waals surface area contributed by atoms with E-state index in [1.807, 2.05) is 0 Å². The molecule has 0 saturated carbocycles. The molecule has 1 unspecified atom stereocenters. The molecule has 0 heterocycles. The number of hydrogen-bond acceptors (Lipinski definition) is 3. The zero-order valence-corrected chi connectivity index (χ0v) is 16.5. The molecule has 0 aromatic carbocycles. The first-order valence-corrected chi connectivity index (χ1v) is 17.3. The SMILES string of the molecule is CCCCCCC(S)(CC)CC(=O)[O][Sn]([CH3])([CH3])[CH3]. The summed E-state index contributed by atoms with van der Waals surface area (Å²) < 4.78 is 5.42. The molecule has 0 saturated heterocycles. The molecule has 108 valence electrons. The average molecular weight is 381 g/mol. The van der Waals surface area contributed by atoms with E-state index in [-0.39, 0.29) is 10.7 Å². The first-order valence-electron chi connectivity index (χ1n) is 7.16. The number of carbonyl (C=O) groups excluding carboxylic acids is 1. The first kappa shape index (κ1) is 18.6. The Balaban J connectivity index is 4.17. The topological polar surface area (TPSA) is 26.3 Å². The Labute approximate surface area is 123 Å². The Hall–Kier alpha value is 0.619. The Bertz CT molecular complexity index is 251. The minimum atomic E-state index is -2.46. The third-order valence-corrected chi connectivity index (χ3v) is 6.14. The molecule has 0 fully saturated rings. The van der Waals surface area contributed by atoms with Crippen LogP contribution in [0.2, 0.25) is 14.8 Å². The summed E-state index contributed by atoms with van der Waals surface area (Å²) >= 11 is 2.28. The fourth-order valence-corrected chi connectivity index (χ4v) is 4.36. The van der Waals surface area contributed by atoms with Crippen LogP contribution in [0.15, 0.2) is 0 Å². The Morgan fingerprint density at radius 3 is 2.22 bits per heavy atom. The molecule has 1 atom stereocenters. The summed E-state index contributed by atoms with van der Waals surface area (Å²) in [6.07, 6.45) is 7.33. The van der Waals surface area contributed by atoms with Gasteiger partial charge in [0.1, 0.15) is 0 Å². The molecular weight excluding hydrogens is 351 g/mol. The minimum absolute atomic E-state index is 0.0364. The zero-order valence-electron chi connectivity index (χ0n) is 12.7. The molecule has 18 heavy (non-hydrogen) atoms. The second-order valence-electron chi connectivity index (χ2n) is 6.15. The maximum atomic E-state index is 11.9. The van der Waals surface area contributed by atoms with Gasteiger partial charge in [0, 0.05) is 0 Å². The number of carbonyl (C=O) groups is 1. The molecule has 0 N–H and O–H groups in total. The van der Waals surface area contributed by atoms with Gasteiger partial charge in [-0.2, -0.15) is 0 Å². The van der Waals surface area contributed by atoms with Crippen LogP contribution >= 0.6 is 12.6 Å². The van der Waals surface area contributed by atoms with Crippen LogP contribution in [0.1, 0.15) is 58.8 Å². The van der Waals surface area contributed by atoms with E-state index in [1.54, 1.807) is 0 Å². The Kier molecular flexibility index (Phi) is 9.02. The summed E-state index contributed by atoms with van der Waals surface area (Å²) in [5.41, 5.74) is 0. The van der Waals surface area contributed by atoms with E-state index < -0.39 is 18.8 Å². The third-order valence-electron chi connectivity index (χ3n) is 3.05. The quantitative estimate of drug-likeness (QED) is 0.353. The number of thiol groups is 1. The average Bonchev–Trinajstić information content (AvgIpc) is 2.21. The summed E-state index contributed by atoms with van der Waals surface area (Å²) in [4.78, 5) is 18.2. The second kappa shape index (κ2) is 8.72. The summed E-state index contributed by atoms with van der Waals surface area (Å²) in [5, 5.41) is 0. The van der Waals surface area contributed by atoms with E-state index >= 15 is 0 Å². The van der Waals surface area contributed by atoms with Crippen LogP contribution in [0.5, 0.6) is 0 Å². The van der Waals surface area contributed by atoms with Crippen molar-refractivity contribution < 1.29 is 7.87 Å². The fourth-order valence-electron chi connectivity index (χ4n) is 1.92. The Morgan fingerprint density at radius 2 is 1.78 bits per heavy atom. The van der Waals surface area contributed by atoms with E-state index in [1.165, 1.54) is 19.3 Å². The van der Waals surface area contributed by atoms with Gasteiger partial charge in [0.05, 0.1) is 0 Å². The van der Waals surface area contributed by atoms with Crippen molar-refractivity contribution in [2.24, 2.45) is 0 Å². The van der Waals surface area contributed by atoms with Crippen molar-refractivity contribution in [3.8, 4) is 0 Å². The summed E-state index contributed by atoms with van der Waals surface area (Å²) in [7, 11) is 0. The first-order chi connectivity index (χ1) is 8.22. The molecule has 2 nitrogen and oxygen atoms in total. The van der Waals surface area contributed by atoms with Crippen LogP contribution < -0.4 is 0 Å². The Morgan fingerprint density at radius 1 is 1.17 bits per heavy atom. The van der Waals surface area contributed by atoms with Crippen molar-refractivity contribution >= 4 is 37.4 Å². The molecule has 0 aliphatic rings. The van der Waals surface area contributed by atoms with E-state index in [4.69, 9.17) is 15.7 Å². The van der Waals surface area contributed by atoms with Crippen LogP contribution in [0, 0.1) is 0 Å². The summed E-state index contributed by atoms with van der Waals surface area (Å²) in [5.74, 6) is -0.0364. The second-order valence-corrected chi connectivity index (χ2v) is 19.7. The van der Waals surface area contributed by atoms with E-state index in [0.717, 1.165) is 19.3 Å². The molecule has 0 bridgehead atoms. The molecular formula is C14H30O2SSn. The monoisotopic (exact) mass is 382 g/mol. The molecule has 4 heteroatoms. The predicted molar refractivity (Wildman–Crippen MR) is 84.8 cm³/mol. The zero-order chi connectivity index (χ0) is 14.2. The molecule has 0 aliphatic carbocycles. The normalized spacial score (nSPS) is 15.2. The predicted octanol–water partition coefficient (Wildman–Crippen LogP) is 4.80. The van der Waals surface area contributed by atoms with Gasteiger partial charge in [0.2, 0.25) is 0 Å². The molecule has 0 spiro atoms. The van der Waals surface area contributed by atoms with E-state index in [0.29, 0.717) is 6.42 Å². The van der Waals surface area contributed by atoms with Crippen LogP contribution in [0.3, 0.4) is 0 Å². The van der Waals surface area contributed by atoms with Crippen molar-refractivity contribution in [2.75, 3.05) is 0 Å². The van der Waals surface area contributed by atoms with Crippen molar-refractivity contribution in [1.82, 2.24) is 0 Å². The summed E-state index contributed by atoms with van der Waals surface area (Å²) in [6.45, 7) is 4.32. The van der Waals surface area contributed by atoms with Crippen LogP contribution in [0.4, 0.5) is 0 Å². The number of unbranched alkanes of at least 4 members (excludes halogenated alkanes) is 3. The third kappa shape index (κ3) is 9.54. The van der Waals surface area contributed by atoms with Gasteiger partial charge in [-0.05, 0) is 0 Å². The van der Waals surface area contributed by atoms with Gasteiger partial charge in [-0.25, -0.2) is 0 Å². The van der Waals surface area contributed by atoms with Gasteiger partial charge < -0.3 is 0 Å². The van der Waals surface area contributed by atoms with Crippen molar-refractivity contribution in [3.05, 3.63) is 0 Å². The maximum absolute atomic E-state index is 11.9.